The first-order valence-corrected chi connectivity index (χ1v) is 6.52. The predicted octanol–water partition coefficient (Wildman–Crippen LogP) is 1.60. The van der Waals surface area contributed by atoms with Crippen molar-refractivity contribution in [3.63, 3.8) is 0 Å². The van der Waals surface area contributed by atoms with E-state index in [2.05, 4.69) is 10.2 Å². The topological polar surface area (TPSA) is 71.5 Å². The first-order valence-electron chi connectivity index (χ1n) is 6.52. The van der Waals surface area contributed by atoms with E-state index in [4.69, 9.17) is 10.2 Å². The lowest BCUT2D eigenvalue weighted by Crippen LogP contribution is -2.32. The molecule has 2 rings (SSSR count). The number of nitrogens with zero attached hydrogens (tertiary/aromatic N) is 1. The summed E-state index contributed by atoms with van der Waals surface area (Å²) in [7, 11) is 1.99. The summed E-state index contributed by atoms with van der Waals surface area (Å²) in [5.74, 6) is 0.464. The van der Waals surface area contributed by atoms with Crippen LogP contribution in [0.25, 0.3) is 0 Å². The van der Waals surface area contributed by atoms with E-state index in [-0.39, 0.29) is 5.91 Å². The molecule has 0 spiro atoms. The Kier molecular flexibility index (Phi) is 4.79. The molecule has 1 aromatic carbocycles. The number of hydrogen-bond donors (Lipinski definition) is 2. The molecule has 0 aliphatic carbocycles. The Morgan fingerprint density at radius 2 is 2.10 bits per heavy atom. The third-order valence-electron chi connectivity index (χ3n) is 3.05. The molecule has 2 aromatic rings. The van der Waals surface area contributed by atoms with E-state index in [0.717, 1.165) is 12.2 Å². The number of benzene rings is 1. The van der Waals surface area contributed by atoms with E-state index >= 15 is 0 Å². The minimum atomic E-state index is -0.144. The van der Waals surface area contributed by atoms with Gasteiger partial charge in [-0.3, -0.25) is 4.79 Å². The van der Waals surface area contributed by atoms with Crippen LogP contribution in [0, 0.1) is 0 Å². The highest BCUT2D eigenvalue weighted by Gasteiger charge is 2.09. The van der Waals surface area contributed by atoms with Gasteiger partial charge >= 0.3 is 0 Å². The van der Waals surface area contributed by atoms with Gasteiger partial charge in [0.15, 0.2) is 0 Å². The smallest absolute Gasteiger partial charge is 0.254 e. The quantitative estimate of drug-likeness (QED) is 0.838. The molecule has 5 heteroatoms. The number of nitrogens with one attached hydrogen (secondary N) is 1. The Balaban J connectivity index is 1.79. The van der Waals surface area contributed by atoms with Gasteiger partial charge in [-0.1, -0.05) is 18.2 Å². The molecule has 20 heavy (non-hydrogen) atoms. The number of likely N-dealkylation sites (N-methyl/N-ethyl adjacent to an activating group) is 1. The van der Waals surface area contributed by atoms with Crippen LogP contribution in [0.1, 0.15) is 16.1 Å². The molecule has 0 atom stereocenters. The number of carbonyl (C=O) groups excluding carboxylic acids is 1. The molecule has 1 heterocycles. The molecule has 3 N–H and O–H groups in total. The van der Waals surface area contributed by atoms with Crippen LogP contribution in [-0.2, 0) is 6.54 Å². The van der Waals surface area contributed by atoms with E-state index in [1.165, 1.54) is 6.26 Å². The van der Waals surface area contributed by atoms with E-state index in [1.54, 1.807) is 6.07 Å². The lowest BCUT2D eigenvalue weighted by atomic mass is 10.3. The van der Waals surface area contributed by atoms with Gasteiger partial charge in [0.2, 0.25) is 0 Å². The third-order valence-corrected chi connectivity index (χ3v) is 3.05. The number of furan rings is 1. The molecule has 5 nitrogen and oxygen atoms in total. The summed E-state index contributed by atoms with van der Waals surface area (Å²) in [5.41, 5.74) is 7.06. The monoisotopic (exact) mass is 273 g/mol. The van der Waals surface area contributed by atoms with Crippen molar-refractivity contribution in [3.05, 3.63) is 54.0 Å². The summed E-state index contributed by atoms with van der Waals surface area (Å²) in [6, 6.07) is 11.7. The van der Waals surface area contributed by atoms with Gasteiger partial charge in [-0.15, -0.1) is 0 Å². The van der Waals surface area contributed by atoms with Gasteiger partial charge in [0.1, 0.15) is 12.0 Å². The Hall–Kier alpha value is -2.27. The molecule has 0 saturated carbocycles. The fraction of sp³-hybridized carbons (Fsp3) is 0.267. The van der Waals surface area contributed by atoms with Crippen LogP contribution in [0.15, 0.2) is 47.1 Å². The van der Waals surface area contributed by atoms with E-state index < -0.39 is 0 Å². The minimum absolute atomic E-state index is 0.144. The number of carbonyl (C=O) groups is 1. The van der Waals surface area contributed by atoms with Gasteiger partial charge in [0.05, 0.1) is 12.1 Å². The Bertz CT molecular complexity index is 551. The van der Waals surface area contributed by atoms with Gasteiger partial charge in [-0.2, -0.15) is 0 Å². The summed E-state index contributed by atoms with van der Waals surface area (Å²) >= 11 is 0. The molecule has 0 aliphatic rings. The van der Waals surface area contributed by atoms with Gasteiger partial charge in [0.25, 0.3) is 5.91 Å². The van der Waals surface area contributed by atoms with Crippen LogP contribution in [0.5, 0.6) is 0 Å². The average Bonchev–Trinajstić information content (AvgIpc) is 2.97. The van der Waals surface area contributed by atoms with Crippen LogP contribution in [0.4, 0.5) is 5.69 Å². The molecule has 0 bridgehead atoms. The lowest BCUT2D eigenvalue weighted by Gasteiger charge is -2.19. The maximum absolute atomic E-state index is 11.9. The molecule has 0 aliphatic heterocycles. The minimum Gasteiger partial charge on any atom is -0.467 e. The van der Waals surface area contributed by atoms with Crippen LogP contribution in [-0.4, -0.2) is 26.0 Å². The summed E-state index contributed by atoms with van der Waals surface area (Å²) in [4.78, 5) is 13.9. The fourth-order valence-electron chi connectivity index (χ4n) is 1.86. The fourth-order valence-corrected chi connectivity index (χ4v) is 1.86. The molecule has 0 saturated heterocycles. The van der Waals surface area contributed by atoms with Crippen LogP contribution >= 0.6 is 0 Å². The van der Waals surface area contributed by atoms with E-state index in [1.807, 2.05) is 37.4 Å². The van der Waals surface area contributed by atoms with Crippen molar-refractivity contribution in [2.24, 2.45) is 5.73 Å². The first kappa shape index (κ1) is 14.1. The molecule has 0 radical (unpaired) electrons. The second kappa shape index (κ2) is 6.77. The zero-order valence-electron chi connectivity index (χ0n) is 11.5. The summed E-state index contributed by atoms with van der Waals surface area (Å²) in [6.07, 6.45) is 1.43. The zero-order chi connectivity index (χ0) is 14.4. The lowest BCUT2D eigenvalue weighted by molar-refractivity contribution is 0.0954. The average molecular weight is 273 g/mol. The second-order valence-corrected chi connectivity index (χ2v) is 4.52. The van der Waals surface area contributed by atoms with E-state index in [0.29, 0.717) is 24.4 Å². The Morgan fingerprint density at radius 1 is 1.35 bits per heavy atom. The SMILES string of the molecule is CN(CCNC(=O)c1coc(CN)c1)c1ccccc1. The molecule has 0 unspecified atom stereocenters. The summed E-state index contributed by atoms with van der Waals surface area (Å²) in [6.45, 7) is 1.59. The van der Waals surface area contributed by atoms with Crippen molar-refractivity contribution in [3.8, 4) is 0 Å². The van der Waals surface area contributed by atoms with Gasteiger partial charge < -0.3 is 20.4 Å². The van der Waals surface area contributed by atoms with Crippen LogP contribution < -0.4 is 16.0 Å². The van der Waals surface area contributed by atoms with Gasteiger partial charge in [-0.25, -0.2) is 0 Å². The van der Waals surface area contributed by atoms with Crippen molar-refractivity contribution in [2.75, 3.05) is 25.0 Å². The molecule has 1 aromatic heterocycles. The molecule has 0 fully saturated rings. The van der Waals surface area contributed by atoms with Crippen molar-refractivity contribution >= 4 is 11.6 Å². The van der Waals surface area contributed by atoms with Crippen LogP contribution in [0.2, 0.25) is 0 Å². The highest BCUT2D eigenvalue weighted by Crippen LogP contribution is 2.10. The Labute approximate surface area is 118 Å². The second-order valence-electron chi connectivity index (χ2n) is 4.52. The molecule has 1 amide bonds. The van der Waals surface area contributed by atoms with Crippen molar-refractivity contribution in [2.45, 2.75) is 6.54 Å². The van der Waals surface area contributed by atoms with E-state index in [9.17, 15) is 4.79 Å². The highest BCUT2D eigenvalue weighted by atomic mass is 16.3. The Morgan fingerprint density at radius 3 is 2.75 bits per heavy atom. The van der Waals surface area contributed by atoms with Crippen LogP contribution in [0.3, 0.4) is 0 Å². The first-order chi connectivity index (χ1) is 9.70. The zero-order valence-corrected chi connectivity index (χ0v) is 11.5. The largest absolute Gasteiger partial charge is 0.467 e. The van der Waals surface area contributed by atoms with Gasteiger partial charge in [-0.05, 0) is 18.2 Å². The standard InChI is InChI=1S/C15H19N3O2/c1-18(13-5-3-2-4-6-13)8-7-17-15(19)12-9-14(10-16)20-11-12/h2-6,9,11H,7-8,10,16H2,1H3,(H,17,19). The maximum atomic E-state index is 11.9. The number of hydrogen-bond acceptors (Lipinski definition) is 4. The predicted molar refractivity (Wildman–Crippen MR) is 78.6 cm³/mol. The van der Waals surface area contributed by atoms with Crippen molar-refractivity contribution in [1.29, 1.82) is 0 Å². The normalized spacial score (nSPS) is 10.3. The van der Waals surface area contributed by atoms with Crippen molar-refractivity contribution < 1.29 is 9.21 Å². The summed E-state index contributed by atoms with van der Waals surface area (Å²) in [5, 5.41) is 2.86. The number of rotatable bonds is 6. The maximum Gasteiger partial charge on any atom is 0.254 e. The highest BCUT2D eigenvalue weighted by molar-refractivity contribution is 5.93. The number of anilines is 1. The number of para-hydroxylation sites is 1. The third kappa shape index (κ3) is 3.61. The van der Waals surface area contributed by atoms with Crippen molar-refractivity contribution in [1.82, 2.24) is 5.32 Å². The molecular weight excluding hydrogens is 254 g/mol. The molecule has 106 valence electrons. The van der Waals surface area contributed by atoms with Gasteiger partial charge in [0, 0.05) is 25.8 Å². The number of nitrogens with two attached hydrogens (primary N) is 1. The molecular formula is C15H19N3O2. The summed E-state index contributed by atoms with van der Waals surface area (Å²) < 4.78 is 5.14. The number of amides is 1.